The molecule has 0 aliphatic rings. The van der Waals surface area contributed by atoms with E-state index in [0.717, 1.165) is 109 Å². The number of likely N-dealkylation sites (N-methyl/N-ethyl adjacent to an activating group) is 1. The fraction of sp³-hybridized carbons (Fsp3) is 0.689. The van der Waals surface area contributed by atoms with Crippen molar-refractivity contribution in [2.45, 2.75) is 283 Å². The zero-order valence-corrected chi connectivity index (χ0v) is 54.1. The molecule has 0 aromatic rings. The fourth-order valence-electron chi connectivity index (χ4n) is 9.06. The summed E-state index contributed by atoms with van der Waals surface area (Å²) in [6.07, 6.45) is 87.2. The van der Waals surface area contributed by atoms with Crippen LogP contribution >= 0.6 is 0 Å². The minimum Gasteiger partial charge on any atom is -0.477 e. The molecule has 9 nitrogen and oxygen atoms in total. The van der Waals surface area contributed by atoms with Gasteiger partial charge >= 0.3 is 17.9 Å². The molecule has 0 aromatic carbocycles. The molecule has 9 heteroatoms. The Morgan fingerprint density at radius 3 is 1.02 bits per heavy atom. The zero-order valence-electron chi connectivity index (χ0n) is 54.1. The van der Waals surface area contributed by atoms with E-state index in [1.165, 1.54) is 128 Å². The number of hydrogen-bond donors (Lipinski definition) is 1. The highest BCUT2D eigenvalue weighted by Gasteiger charge is 2.25. The van der Waals surface area contributed by atoms with Crippen molar-refractivity contribution in [3.63, 3.8) is 0 Å². The summed E-state index contributed by atoms with van der Waals surface area (Å²) in [6, 6.07) is 0. The molecule has 83 heavy (non-hydrogen) atoms. The SMILES string of the molecule is CC/C=C\C/C=C\C/C=C\C/C=C\C/C=C\C/C=C\C/C=C\CCCCCCCC(=O)OC(COC(=O)CCCCCCCCCCCCCCCCCC/C=C\C/C=C\C/C=C\CCCCCCC)COC(OCC[N+](C)(C)C)C(=O)O. The highest BCUT2D eigenvalue weighted by molar-refractivity contribution is 5.71. The topological polar surface area (TPSA) is 108 Å². The molecule has 0 rings (SSSR count). The first-order chi connectivity index (χ1) is 40.6. The molecule has 0 aromatic heterocycles. The van der Waals surface area contributed by atoms with Gasteiger partial charge in [-0.05, 0) is 109 Å². The summed E-state index contributed by atoms with van der Waals surface area (Å²) in [5, 5.41) is 9.74. The molecule has 0 aliphatic heterocycles. The number of unbranched alkanes of at least 4 members (excludes halogenated alkanes) is 26. The summed E-state index contributed by atoms with van der Waals surface area (Å²) in [4.78, 5) is 37.6. The van der Waals surface area contributed by atoms with Crippen molar-refractivity contribution in [3.8, 4) is 0 Å². The van der Waals surface area contributed by atoms with Crippen LogP contribution in [0.2, 0.25) is 0 Å². The molecule has 1 N–H and O–H groups in total. The first-order valence-corrected chi connectivity index (χ1v) is 33.7. The van der Waals surface area contributed by atoms with Gasteiger partial charge in [0, 0.05) is 12.8 Å². The van der Waals surface area contributed by atoms with Crippen LogP contribution in [0.3, 0.4) is 0 Å². The van der Waals surface area contributed by atoms with Gasteiger partial charge in [0.25, 0.3) is 6.29 Å². The molecule has 0 radical (unpaired) electrons. The molecule has 2 unspecified atom stereocenters. The Morgan fingerprint density at radius 1 is 0.373 bits per heavy atom. The van der Waals surface area contributed by atoms with Crippen LogP contribution in [0, 0.1) is 0 Å². The standard InChI is InChI=1S/C74H125NO8/c1-6-8-10-12-14-16-18-20-22-24-26-28-30-32-34-35-36-37-39-40-42-44-46-48-50-52-54-56-58-60-62-64-71(76)81-68-70(69-82-74(73(78)79)80-67-66-75(3,4)5)83-72(77)65-63-61-59-57-55-53-51-49-47-45-43-41-38-33-31-29-27-25-23-21-19-17-15-13-11-9-7-2/h9,11,15,17-18,20-21,23-24,26-27,29-30,32-33,38,43,45,49,51,70,74H,6-8,10,12-14,16,19,22,25,28,31,34-37,39-42,44,46-48,50,52-69H2,1-5H3/p+1/b11-9-,17-15-,20-18-,23-21-,26-24-,29-27-,32-30-,38-33-,45-43-,51-49-. The smallest absolute Gasteiger partial charge is 0.361 e. The second kappa shape index (κ2) is 63.7. The van der Waals surface area contributed by atoms with E-state index >= 15 is 0 Å². The van der Waals surface area contributed by atoms with Gasteiger partial charge in [0.15, 0.2) is 6.10 Å². The molecule has 2 atom stereocenters. The van der Waals surface area contributed by atoms with Gasteiger partial charge in [0.2, 0.25) is 0 Å². The van der Waals surface area contributed by atoms with Gasteiger partial charge in [0.05, 0.1) is 34.4 Å². The largest absolute Gasteiger partial charge is 0.477 e. The fourth-order valence-corrected chi connectivity index (χ4v) is 9.06. The van der Waals surface area contributed by atoms with Crippen LogP contribution in [-0.4, -0.2) is 87.4 Å². The van der Waals surface area contributed by atoms with Gasteiger partial charge in [0.1, 0.15) is 13.2 Å². The Labute approximate surface area is 510 Å². The first-order valence-electron chi connectivity index (χ1n) is 33.7. The molecule has 0 heterocycles. The number of carbonyl (C=O) groups is 3. The van der Waals surface area contributed by atoms with Gasteiger partial charge in [-0.2, -0.15) is 0 Å². The highest BCUT2D eigenvalue weighted by Crippen LogP contribution is 2.16. The van der Waals surface area contributed by atoms with Crippen molar-refractivity contribution in [2.24, 2.45) is 0 Å². The molecule has 0 amide bonds. The average Bonchev–Trinajstić information content (AvgIpc) is 3.46. The maximum absolute atomic E-state index is 12.9. The van der Waals surface area contributed by atoms with Crippen LogP contribution in [0.4, 0.5) is 0 Å². The van der Waals surface area contributed by atoms with Crippen LogP contribution in [0.5, 0.6) is 0 Å². The summed E-state index contributed by atoms with van der Waals surface area (Å²) in [5.41, 5.74) is 0. The number of carbonyl (C=O) groups excluding carboxylic acids is 2. The van der Waals surface area contributed by atoms with E-state index in [0.29, 0.717) is 23.9 Å². The van der Waals surface area contributed by atoms with E-state index in [1.54, 1.807) is 0 Å². The van der Waals surface area contributed by atoms with Crippen molar-refractivity contribution >= 4 is 17.9 Å². The van der Waals surface area contributed by atoms with Gasteiger partial charge in [-0.1, -0.05) is 270 Å². The number of allylic oxidation sites excluding steroid dienone is 20. The Balaban J connectivity index is 4.20. The Morgan fingerprint density at radius 2 is 0.687 bits per heavy atom. The second-order valence-electron chi connectivity index (χ2n) is 23.4. The zero-order chi connectivity index (χ0) is 60.5. The van der Waals surface area contributed by atoms with Crippen molar-refractivity contribution in [1.82, 2.24) is 0 Å². The third-order valence-electron chi connectivity index (χ3n) is 14.2. The molecule has 0 fully saturated rings. The summed E-state index contributed by atoms with van der Waals surface area (Å²) in [6.45, 7) is 4.73. The number of ether oxygens (including phenoxy) is 4. The van der Waals surface area contributed by atoms with Crippen molar-refractivity contribution in [2.75, 3.05) is 47.5 Å². The van der Waals surface area contributed by atoms with Crippen molar-refractivity contribution in [1.29, 1.82) is 0 Å². The minimum absolute atomic E-state index is 0.178. The molecular weight excluding hydrogens is 1030 g/mol. The Hall–Kier alpha value is -4.31. The molecule has 0 saturated heterocycles. The van der Waals surface area contributed by atoms with Crippen LogP contribution in [0.25, 0.3) is 0 Å². The molecule has 0 saturated carbocycles. The van der Waals surface area contributed by atoms with Crippen molar-refractivity contribution < 1.29 is 42.9 Å². The van der Waals surface area contributed by atoms with E-state index in [2.05, 4.69) is 135 Å². The van der Waals surface area contributed by atoms with Gasteiger partial charge < -0.3 is 28.5 Å². The van der Waals surface area contributed by atoms with Gasteiger partial charge in [-0.15, -0.1) is 0 Å². The van der Waals surface area contributed by atoms with E-state index in [4.69, 9.17) is 18.9 Å². The molecule has 0 spiro atoms. The lowest BCUT2D eigenvalue weighted by atomic mass is 10.0. The lowest BCUT2D eigenvalue weighted by Gasteiger charge is -2.25. The highest BCUT2D eigenvalue weighted by atomic mass is 16.7. The third kappa shape index (κ3) is 65.1. The van der Waals surface area contributed by atoms with E-state index in [1.807, 2.05) is 21.1 Å². The average molecular weight is 1160 g/mol. The monoisotopic (exact) mass is 1160 g/mol. The predicted molar refractivity (Wildman–Crippen MR) is 354 cm³/mol. The van der Waals surface area contributed by atoms with Crippen LogP contribution in [-0.2, 0) is 33.3 Å². The van der Waals surface area contributed by atoms with Crippen LogP contribution in [0.15, 0.2) is 122 Å². The Bertz CT molecular complexity index is 1780. The lowest BCUT2D eigenvalue weighted by Crippen LogP contribution is -2.40. The number of aliphatic carboxylic acids is 1. The predicted octanol–water partition coefficient (Wildman–Crippen LogP) is 20.8. The summed E-state index contributed by atoms with van der Waals surface area (Å²) in [5.74, 6) is -2.04. The first kappa shape index (κ1) is 78.7. The maximum atomic E-state index is 12.9. The lowest BCUT2D eigenvalue weighted by molar-refractivity contribution is -0.870. The number of esters is 2. The number of hydrogen-bond acceptors (Lipinski definition) is 7. The van der Waals surface area contributed by atoms with E-state index in [-0.39, 0.29) is 32.2 Å². The Kier molecular flexibility index (Phi) is 60.4. The summed E-state index contributed by atoms with van der Waals surface area (Å²) in [7, 11) is 5.96. The van der Waals surface area contributed by atoms with Gasteiger partial charge in [-0.25, -0.2) is 4.79 Å². The molecule has 0 aliphatic carbocycles. The number of quaternary nitrogens is 1. The number of carboxylic acid groups (broad SMARTS) is 1. The minimum atomic E-state index is -1.52. The molecular formula is C74H126NO8+. The van der Waals surface area contributed by atoms with Gasteiger partial charge in [-0.3, -0.25) is 9.59 Å². The van der Waals surface area contributed by atoms with Crippen LogP contribution < -0.4 is 0 Å². The summed E-state index contributed by atoms with van der Waals surface area (Å²) < 4.78 is 22.9. The third-order valence-corrected chi connectivity index (χ3v) is 14.2. The number of rotatable bonds is 61. The number of nitrogens with zero attached hydrogens (tertiary/aromatic N) is 1. The van der Waals surface area contributed by atoms with Crippen molar-refractivity contribution in [3.05, 3.63) is 122 Å². The molecule has 474 valence electrons. The second-order valence-corrected chi connectivity index (χ2v) is 23.4. The normalized spacial score (nSPS) is 13.5. The van der Waals surface area contributed by atoms with E-state index in [9.17, 15) is 19.5 Å². The summed E-state index contributed by atoms with van der Waals surface area (Å²) >= 11 is 0. The van der Waals surface area contributed by atoms with E-state index < -0.39 is 24.3 Å². The molecule has 0 bridgehead atoms. The maximum Gasteiger partial charge on any atom is 0.361 e. The van der Waals surface area contributed by atoms with Crippen LogP contribution in [0.1, 0.15) is 271 Å². The number of carboxylic acids is 1. The quantitative estimate of drug-likeness (QED) is 0.0211.